The first kappa shape index (κ1) is 18.7. The average Bonchev–Trinajstić information content (AvgIpc) is 2.61. The molecule has 3 aliphatic carbocycles. The van der Waals surface area contributed by atoms with E-state index in [0.717, 1.165) is 5.56 Å². The Bertz CT molecular complexity index is 913. The third-order valence-electron chi connectivity index (χ3n) is 5.93. The molecule has 1 atom stereocenters. The highest BCUT2D eigenvalue weighted by atomic mass is 35.5. The number of aliphatic carboxylic acids is 1. The van der Waals surface area contributed by atoms with E-state index in [1.165, 1.54) is 6.07 Å². The molecule has 3 fully saturated rings. The van der Waals surface area contributed by atoms with Crippen LogP contribution >= 0.6 is 11.6 Å². The van der Waals surface area contributed by atoms with E-state index in [1.807, 2.05) is 30.3 Å². The summed E-state index contributed by atoms with van der Waals surface area (Å²) in [6.45, 7) is 0.0643. The van der Waals surface area contributed by atoms with E-state index < -0.39 is 29.3 Å². The van der Waals surface area contributed by atoms with E-state index >= 15 is 0 Å². The predicted molar refractivity (Wildman–Crippen MR) is 101 cm³/mol. The van der Waals surface area contributed by atoms with Crippen LogP contribution in [-0.2, 0) is 21.6 Å². The number of amides is 1. The van der Waals surface area contributed by atoms with Gasteiger partial charge in [-0.15, -0.1) is 0 Å². The Morgan fingerprint density at radius 2 is 1.82 bits per heavy atom. The third-order valence-corrected chi connectivity index (χ3v) is 6.31. The molecule has 0 spiro atoms. The lowest BCUT2D eigenvalue weighted by Crippen LogP contribution is -2.73. The fourth-order valence-corrected chi connectivity index (χ4v) is 5.06. The van der Waals surface area contributed by atoms with Crippen LogP contribution in [-0.4, -0.2) is 23.2 Å². The molecule has 2 aromatic rings. The summed E-state index contributed by atoms with van der Waals surface area (Å²) in [6, 6.07) is 12.8. The van der Waals surface area contributed by atoms with Crippen molar-refractivity contribution in [3.63, 3.8) is 0 Å². The average molecular weight is 404 g/mol. The molecule has 3 aliphatic rings. The molecule has 0 saturated heterocycles. The molecule has 1 unspecified atom stereocenters. The second-order valence-electron chi connectivity index (χ2n) is 7.75. The molecule has 0 radical (unpaired) electrons. The second kappa shape index (κ2) is 6.78. The van der Waals surface area contributed by atoms with E-state index in [2.05, 4.69) is 5.32 Å². The zero-order valence-electron chi connectivity index (χ0n) is 15.0. The summed E-state index contributed by atoms with van der Waals surface area (Å²) in [5.74, 6) is -1.58. The van der Waals surface area contributed by atoms with Gasteiger partial charge in [-0.2, -0.15) is 0 Å². The van der Waals surface area contributed by atoms with Gasteiger partial charge in [-0.25, -0.2) is 14.0 Å². The fourth-order valence-electron chi connectivity index (χ4n) is 4.73. The third kappa shape index (κ3) is 3.02. The number of halogens is 2. The Labute approximate surface area is 166 Å². The van der Waals surface area contributed by atoms with Gasteiger partial charge in [-0.05, 0) is 41.9 Å². The number of rotatable bonds is 6. The van der Waals surface area contributed by atoms with Crippen LogP contribution in [0.15, 0.2) is 48.5 Å². The van der Waals surface area contributed by atoms with Crippen LogP contribution in [0.2, 0.25) is 5.02 Å². The SMILES string of the molecule is O=C(NC(C(=O)O)C12CC(c3cccc(F)c3Cl)(C1)C2)OCc1ccccc1. The summed E-state index contributed by atoms with van der Waals surface area (Å²) in [4.78, 5) is 23.9. The zero-order valence-corrected chi connectivity index (χ0v) is 15.7. The molecule has 5 nitrogen and oxygen atoms in total. The summed E-state index contributed by atoms with van der Waals surface area (Å²) in [7, 11) is 0. The van der Waals surface area contributed by atoms with Gasteiger partial charge in [-0.3, -0.25) is 0 Å². The molecular weight excluding hydrogens is 385 g/mol. The van der Waals surface area contributed by atoms with Crippen LogP contribution in [0.4, 0.5) is 9.18 Å². The van der Waals surface area contributed by atoms with Crippen LogP contribution in [0.3, 0.4) is 0 Å². The number of hydrogen-bond donors (Lipinski definition) is 2. The number of ether oxygens (including phenoxy) is 1. The van der Waals surface area contributed by atoms with Crippen LogP contribution in [0, 0.1) is 11.2 Å². The maximum Gasteiger partial charge on any atom is 0.408 e. The van der Waals surface area contributed by atoms with Gasteiger partial charge in [0.25, 0.3) is 0 Å². The van der Waals surface area contributed by atoms with Gasteiger partial charge in [0.2, 0.25) is 0 Å². The highest BCUT2D eigenvalue weighted by Gasteiger charge is 2.73. The molecule has 146 valence electrons. The smallest absolute Gasteiger partial charge is 0.408 e. The topological polar surface area (TPSA) is 75.6 Å². The molecule has 0 heterocycles. The summed E-state index contributed by atoms with van der Waals surface area (Å²) < 4.78 is 18.9. The van der Waals surface area contributed by atoms with Crippen molar-refractivity contribution in [1.82, 2.24) is 5.32 Å². The van der Waals surface area contributed by atoms with Gasteiger partial charge in [-0.1, -0.05) is 54.1 Å². The Hall–Kier alpha value is -2.60. The minimum absolute atomic E-state index is 0.0643. The highest BCUT2D eigenvalue weighted by molar-refractivity contribution is 6.31. The maximum atomic E-state index is 13.8. The number of carboxylic acids is 1. The predicted octanol–water partition coefficient (Wildman–Crippen LogP) is 4.28. The molecule has 2 aromatic carbocycles. The summed E-state index contributed by atoms with van der Waals surface area (Å²) in [5, 5.41) is 12.2. The van der Waals surface area contributed by atoms with Crippen molar-refractivity contribution in [1.29, 1.82) is 0 Å². The maximum absolute atomic E-state index is 13.8. The molecule has 5 rings (SSSR count). The van der Waals surface area contributed by atoms with Gasteiger partial charge in [0.15, 0.2) is 0 Å². The van der Waals surface area contributed by atoms with Crippen molar-refractivity contribution in [3.05, 3.63) is 70.5 Å². The number of carbonyl (C=O) groups excluding carboxylic acids is 1. The number of alkyl carbamates (subject to hydrolysis) is 1. The highest BCUT2D eigenvalue weighted by Crippen LogP contribution is 2.75. The van der Waals surface area contributed by atoms with Crippen molar-refractivity contribution < 1.29 is 23.8 Å². The van der Waals surface area contributed by atoms with Crippen molar-refractivity contribution in [2.24, 2.45) is 5.41 Å². The monoisotopic (exact) mass is 403 g/mol. The fraction of sp³-hybridized carbons (Fsp3) is 0.333. The minimum atomic E-state index is -1.10. The molecule has 2 N–H and O–H groups in total. The number of carbonyl (C=O) groups is 2. The molecule has 3 saturated carbocycles. The van der Waals surface area contributed by atoms with E-state index in [9.17, 15) is 19.1 Å². The first-order valence-corrected chi connectivity index (χ1v) is 9.38. The van der Waals surface area contributed by atoms with Crippen LogP contribution in [0.25, 0.3) is 0 Å². The number of hydrogen-bond acceptors (Lipinski definition) is 3. The van der Waals surface area contributed by atoms with Gasteiger partial charge in [0, 0.05) is 5.41 Å². The first-order chi connectivity index (χ1) is 13.4. The minimum Gasteiger partial charge on any atom is -0.480 e. The lowest BCUT2D eigenvalue weighted by atomic mass is 9.31. The molecule has 0 aromatic heterocycles. The number of nitrogens with one attached hydrogen (secondary N) is 1. The number of carboxylic acid groups (broad SMARTS) is 1. The molecule has 1 amide bonds. The van der Waals surface area contributed by atoms with E-state index in [1.54, 1.807) is 12.1 Å². The molecule has 0 aliphatic heterocycles. The largest absolute Gasteiger partial charge is 0.480 e. The Morgan fingerprint density at radius 3 is 2.46 bits per heavy atom. The van der Waals surface area contributed by atoms with Crippen LogP contribution in [0.1, 0.15) is 30.4 Å². The van der Waals surface area contributed by atoms with Crippen LogP contribution in [0.5, 0.6) is 0 Å². The molecular formula is C21H19ClFNO4. The zero-order chi connectivity index (χ0) is 19.9. The van der Waals surface area contributed by atoms with Gasteiger partial charge < -0.3 is 15.2 Å². The Kier molecular flexibility index (Phi) is 4.54. The van der Waals surface area contributed by atoms with Crippen LogP contribution < -0.4 is 5.32 Å². The Morgan fingerprint density at radius 1 is 1.14 bits per heavy atom. The second-order valence-corrected chi connectivity index (χ2v) is 8.13. The quantitative estimate of drug-likeness (QED) is 0.754. The van der Waals surface area contributed by atoms with Crippen molar-refractivity contribution in [2.45, 2.75) is 37.3 Å². The summed E-state index contributed by atoms with van der Waals surface area (Å²) in [6.07, 6.45) is 0.857. The lowest BCUT2D eigenvalue weighted by molar-refractivity contribution is -0.183. The van der Waals surface area contributed by atoms with Crippen molar-refractivity contribution in [3.8, 4) is 0 Å². The van der Waals surface area contributed by atoms with E-state index in [-0.39, 0.29) is 17.0 Å². The molecule has 28 heavy (non-hydrogen) atoms. The molecule has 7 heteroatoms. The first-order valence-electron chi connectivity index (χ1n) is 9.00. The number of benzene rings is 2. The summed E-state index contributed by atoms with van der Waals surface area (Å²) >= 11 is 6.11. The standard InChI is InChI=1S/C21H19ClFNO4/c22-16-14(7-4-8-15(16)23)20-10-21(11-20,12-20)17(18(25)26)24-19(27)28-9-13-5-2-1-3-6-13/h1-8,17H,9-12H2,(H,24,27)(H,25,26). The molecule has 2 bridgehead atoms. The van der Waals surface area contributed by atoms with E-state index in [0.29, 0.717) is 24.8 Å². The van der Waals surface area contributed by atoms with Crippen molar-refractivity contribution >= 4 is 23.7 Å². The van der Waals surface area contributed by atoms with E-state index in [4.69, 9.17) is 16.3 Å². The van der Waals surface area contributed by atoms with Gasteiger partial charge in [0.05, 0.1) is 5.02 Å². The lowest BCUT2D eigenvalue weighted by Gasteiger charge is -2.72. The van der Waals surface area contributed by atoms with Crippen molar-refractivity contribution in [2.75, 3.05) is 0 Å². The normalized spacial score (nSPS) is 25.8. The van der Waals surface area contributed by atoms with Gasteiger partial charge >= 0.3 is 12.1 Å². The van der Waals surface area contributed by atoms with Gasteiger partial charge in [0.1, 0.15) is 18.5 Å². The summed E-state index contributed by atoms with van der Waals surface area (Å²) in [5.41, 5.74) is 0.678. The Balaban J connectivity index is 1.40.